The topological polar surface area (TPSA) is 52.9 Å². The first kappa shape index (κ1) is 20.9. The summed E-state index contributed by atoms with van der Waals surface area (Å²) in [6.45, 7) is 1.91. The highest BCUT2D eigenvalue weighted by molar-refractivity contribution is 5.91. The van der Waals surface area contributed by atoms with Gasteiger partial charge >= 0.3 is 0 Å². The van der Waals surface area contributed by atoms with Crippen molar-refractivity contribution in [3.8, 4) is 0 Å². The van der Waals surface area contributed by atoms with Crippen molar-refractivity contribution < 1.29 is 10.0 Å². The second-order valence-corrected chi connectivity index (χ2v) is 8.03. The third-order valence-corrected chi connectivity index (χ3v) is 6.19. The Morgan fingerprint density at radius 3 is 2.00 bits per heavy atom. The summed E-state index contributed by atoms with van der Waals surface area (Å²) >= 11 is 0. The number of nitrogens with zero attached hydrogens (tertiary/aromatic N) is 2. The van der Waals surface area contributed by atoms with Crippen molar-refractivity contribution in [2.45, 2.75) is 38.3 Å². The largest absolute Gasteiger partial charge is 0.411 e. The van der Waals surface area contributed by atoms with Crippen molar-refractivity contribution in [1.29, 1.82) is 0 Å². The molecule has 3 aromatic carbocycles. The van der Waals surface area contributed by atoms with Crippen LogP contribution in [0.5, 0.6) is 0 Å². The molecule has 0 spiro atoms. The first-order valence-electron chi connectivity index (χ1n) is 10.9. The maximum atomic E-state index is 13.4. The molecule has 4 nitrogen and oxygen atoms in total. The Labute approximate surface area is 183 Å². The van der Waals surface area contributed by atoms with E-state index in [1.807, 2.05) is 66.4 Å². The molecule has 0 bridgehead atoms. The van der Waals surface area contributed by atoms with Gasteiger partial charge in [-0.3, -0.25) is 4.79 Å². The average molecular weight is 413 g/mol. The second-order valence-electron chi connectivity index (χ2n) is 8.03. The molecule has 1 heterocycles. The van der Waals surface area contributed by atoms with Crippen LogP contribution in [-0.4, -0.2) is 21.7 Å². The molecule has 1 aliphatic rings. The van der Waals surface area contributed by atoms with Crippen molar-refractivity contribution in [3.05, 3.63) is 108 Å². The van der Waals surface area contributed by atoms with Crippen LogP contribution in [0, 0.1) is 5.92 Å². The third-order valence-electron chi connectivity index (χ3n) is 6.19. The van der Waals surface area contributed by atoms with Crippen molar-refractivity contribution in [2.24, 2.45) is 11.1 Å². The fourth-order valence-electron chi connectivity index (χ4n) is 4.74. The van der Waals surface area contributed by atoms with E-state index in [-0.39, 0.29) is 23.9 Å². The van der Waals surface area contributed by atoms with Gasteiger partial charge in [0.15, 0.2) is 0 Å². The lowest BCUT2D eigenvalue weighted by molar-refractivity contribution is -0.138. The number of likely N-dealkylation sites (tertiary alicyclic amines) is 1. The molecular formula is C27H28N2O2. The summed E-state index contributed by atoms with van der Waals surface area (Å²) in [5, 5.41) is 13.8. The molecule has 1 amide bonds. The Hall–Kier alpha value is -3.40. The average Bonchev–Trinajstić information content (AvgIpc) is 2.84. The van der Waals surface area contributed by atoms with Crippen LogP contribution in [0.3, 0.4) is 0 Å². The van der Waals surface area contributed by atoms with E-state index in [2.05, 4.69) is 41.6 Å². The van der Waals surface area contributed by atoms with Gasteiger partial charge in [0.05, 0.1) is 17.8 Å². The molecule has 3 atom stereocenters. The first-order valence-corrected chi connectivity index (χ1v) is 10.9. The van der Waals surface area contributed by atoms with Crippen LogP contribution in [-0.2, 0) is 11.2 Å². The summed E-state index contributed by atoms with van der Waals surface area (Å²) in [4.78, 5) is 15.4. The normalized spacial score (nSPS) is 22.4. The minimum atomic E-state index is -0.210. The van der Waals surface area contributed by atoms with Gasteiger partial charge in [-0.05, 0) is 23.1 Å². The zero-order valence-corrected chi connectivity index (χ0v) is 17.8. The van der Waals surface area contributed by atoms with E-state index in [4.69, 9.17) is 0 Å². The van der Waals surface area contributed by atoms with Crippen LogP contribution in [0.4, 0.5) is 0 Å². The van der Waals surface area contributed by atoms with E-state index in [0.717, 1.165) is 22.4 Å². The van der Waals surface area contributed by atoms with Gasteiger partial charge in [0.1, 0.15) is 0 Å². The number of oxime groups is 1. The van der Waals surface area contributed by atoms with Crippen LogP contribution in [0.2, 0.25) is 0 Å². The van der Waals surface area contributed by atoms with E-state index < -0.39 is 0 Å². The molecular weight excluding hydrogens is 384 g/mol. The Balaban J connectivity index is 1.85. The van der Waals surface area contributed by atoms with Crippen LogP contribution < -0.4 is 0 Å². The highest BCUT2D eigenvalue weighted by atomic mass is 16.4. The number of hydrogen-bond donors (Lipinski definition) is 1. The molecule has 1 saturated heterocycles. The second kappa shape index (κ2) is 9.61. The molecule has 1 aliphatic heterocycles. The molecule has 1 N–H and O–H groups in total. The van der Waals surface area contributed by atoms with E-state index in [0.29, 0.717) is 19.3 Å². The lowest BCUT2D eigenvalue weighted by atomic mass is 9.75. The molecule has 3 unspecified atom stereocenters. The summed E-state index contributed by atoms with van der Waals surface area (Å²) in [6.07, 6.45) is 1.65. The molecule has 158 valence electrons. The molecule has 0 aliphatic carbocycles. The van der Waals surface area contributed by atoms with Crippen molar-refractivity contribution in [3.63, 3.8) is 0 Å². The number of carbonyl (C=O) groups is 1. The van der Waals surface area contributed by atoms with Crippen LogP contribution >= 0.6 is 0 Å². The number of benzene rings is 3. The van der Waals surface area contributed by atoms with Crippen LogP contribution in [0.25, 0.3) is 0 Å². The van der Waals surface area contributed by atoms with E-state index >= 15 is 0 Å². The Morgan fingerprint density at radius 2 is 1.45 bits per heavy atom. The predicted octanol–water partition coefficient (Wildman–Crippen LogP) is 5.80. The fraction of sp³-hybridized carbons (Fsp3) is 0.259. The standard InChI is InChI=1S/C27H28N2O2/c1-2-26(30)29-25(21-14-8-4-9-15-21)19-24(28-31)23(18-20-12-6-3-7-13-20)27(29)22-16-10-5-11-17-22/h3-17,23,25,27,31H,2,18-19H2,1H3/b28-24+. The molecule has 0 radical (unpaired) electrons. The number of carbonyl (C=O) groups excluding carboxylic acids is 1. The van der Waals surface area contributed by atoms with Gasteiger partial charge < -0.3 is 10.1 Å². The summed E-state index contributed by atoms with van der Waals surface area (Å²) in [7, 11) is 0. The van der Waals surface area contributed by atoms with Gasteiger partial charge in [-0.15, -0.1) is 0 Å². The Kier molecular flexibility index (Phi) is 6.46. The predicted molar refractivity (Wildman–Crippen MR) is 123 cm³/mol. The minimum absolute atomic E-state index is 0.106. The summed E-state index contributed by atoms with van der Waals surface area (Å²) < 4.78 is 0. The number of rotatable bonds is 5. The van der Waals surface area contributed by atoms with Crippen molar-refractivity contribution in [2.75, 3.05) is 0 Å². The summed E-state index contributed by atoms with van der Waals surface area (Å²) in [6, 6.07) is 30.0. The lowest BCUT2D eigenvalue weighted by Crippen LogP contribution is -2.49. The van der Waals surface area contributed by atoms with Crippen LogP contribution in [0.15, 0.2) is 96.2 Å². The van der Waals surface area contributed by atoms with E-state index in [1.165, 1.54) is 0 Å². The molecule has 4 heteroatoms. The van der Waals surface area contributed by atoms with Gasteiger partial charge in [0, 0.05) is 18.8 Å². The fourth-order valence-corrected chi connectivity index (χ4v) is 4.74. The SMILES string of the molecule is CCC(=O)N1C(c2ccccc2)C/C(=N\O)C(Cc2ccccc2)C1c1ccccc1. The molecule has 1 fully saturated rings. The van der Waals surface area contributed by atoms with Gasteiger partial charge in [0.2, 0.25) is 5.91 Å². The van der Waals surface area contributed by atoms with Gasteiger partial charge in [-0.2, -0.15) is 0 Å². The van der Waals surface area contributed by atoms with Crippen molar-refractivity contribution >= 4 is 11.6 Å². The Morgan fingerprint density at radius 1 is 0.903 bits per heavy atom. The van der Waals surface area contributed by atoms with Crippen molar-refractivity contribution in [1.82, 2.24) is 4.90 Å². The molecule has 31 heavy (non-hydrogen) atoms. The van der Waals surface area contributed by atoms with Crippen LogP contribution in [0.1, 0.15) is 48.5 Å². The molecule has 4 rings (SSSR count). The number of hydrogen-bond acceptors (Lipinski definition) is 3. The summed E-state index contributed by atoms with van der Waals surface area (Å²) in [5.41, 5.74) is 4.03. The zero-order valence-electron chi connectivity index (χ0n) is 17.8. The number of piperidine rings is 1. The minimum Gasteiger partial charge on any atom is -0.411 e. The van der Waals surface area contributed by atoms with E-state index in [1.54, 1.807) is 0 Å². The first-order chi connectivity index (χ1) is 15.2. The van der Waals surface area contributed by atoms with Gasteiger partial charge in [0.25, 0.3) is 0 Å². The van der Waals surface area contributed by atoms with E-state index in [9.17, 15) is 10.0 Å². The zero-order chi connectivity index (χ0) is 21.6. The molecule has 0 saturated carbocycles. The van der Waals surface area contributed by atoms with Gasteiger partial charge in [-0.25, -0.2) is 0 Å². The molecule has 0 aromatic heterocycles. The van der Waals surface area contributed by atoms with Gasteiger partial charge in [-0.1, -0.05) is 103 Å². The third kappa shape index (κ3) is 4.38. The number of amides is 1. The molecule has 3 aromatic rings. The quantitative estimate of drug-likeness (QED) is 0.425. The smallest absolute Gasteiger partial charge is 0.223 e. The summed E-state index contributed by atoms with van der Waals surface area (Å²) in [5.74, 6) is 0.00280. The highest BCUT2D eigenvalue weighted by Gasteiger charge is 2.44. The Bertz CT molecular complexity index is 1020. The maximum Gasteiger partial charge on any atom is 0.223 e. The monoisotopic (exact) mass is 412 g/mol. The maximum absolute atomic E-state index is 13.4. The lowest BCUT2D eigenvalue weighted by Gasteiger charge is -2.47. The highest BCUT2D eigenvalue weighted by Crippen LogP contribution is 2.45.